The molecule has 7 heteroatoms. The fourth-order valence-corrected chi connectivity index (χ4v) is 4.15. The molecular weight excluding hydrogens is 348 g/mol. The first-order chi connectivity index (χ1) is 13.1. The van der Waals surface area contributed by atoms with Crippen molar-refractivity contribution in [3.05, 3.63) is 42.0 Å². The Bertz CT molecular complexity index is 797. The summed E-state index contributed by atoms with van der Waals surface area (Å²) >= 11 is 0. The van der Waals surface area contributed by atoms with E-state index in [1.165, 1.54) is 13.3 Å². The molecule has 1 aromatic carbocycles. The molecule has 1 saturated heterocycles. The van der Waals surface area contributed by atoms with Gasteiger partial charge in [0.05, 0.1) is 25.2 Å². The Labute approximate surface area is 156 Å². The molecule has 0 radical (unpaired) electrons. The minimum Gasteiger partial charge on any atom is -0.482 e. The molecule has 3 aliphatic carbocycles. The summed E-state index contributed by atoms with van der Waals surface area (Å²) in [6.07, 6.45) is 7.59. The summed E-state index contributed by atoms with van der Waals surface area (Å²) in [7, 11) is 1.30. The first-order valence-electron chi connectivity index (χ1n) is 8.98. The van der Waals surface area contributed by atoms with Crippen molar-refractivity contribution < 1.29 is 23.9 Å². The lowest BCUT2D eigenvalue weighted by Gasteiger charge is -2.37. The average Bonchev–Trinajstić information content (AvgIpc) is 2.98. The number of hydrogen-bond acceptors (Lipinski definition) is 6. The van der Waals surface area contributed by atoms with Crippen LogP contribution in [0.5, 0.6) is 5.75 Å². The predicted octanol–water partition coefficient (Wildman–Crippen LogP) is 1.77. The first-order valence-corrected chi connectivity index (χ1v) is 8.98. The predicted molar refractivity (Wildman–Crippen MR) is 95.7 cm³/mol. The summed E-state index contributed by atoms with van der Waals surface area (Å²) in [5.41, 5.74) is 0.719. The summed E-state index contributed by atoms with van der Waals surface area (Å²) in [5, 5.41) is 5.20. The molecule has 27 heavy (non-hydrogen) atoms. The number of ether oxygens (including phenoxy) is 2. The van der Waals surface area contributed by atoms with E-state index in [0.717, 1.165) is 23.4 Å². The number of rotatable bonds is 5. The summed E-state index contributed by atoms with van der Waals surface area (Å²) in [6.45, 7) is -0.167. The second kappa shape index (κ2) is 6.98. The van der Waals surface area contributed by atoms with Crippen molar-refractivity contribution in [3.63, 3.8) is 0 Å². The quantitative estimate of drug-likeness (QED) is 0.342. The lowest BCUT2D eigenvalue weighted by atomic mass is 9.63. The lowest BCUT2D eigenvalue weighted by Crippen LogP contribution is -2.38. The number of amides is 2. The van der Waals surface area contributed by atoms with Crippen LogP contribution in [0.15, 0.2) is 41.5 Å². The second-order valence-electron chi connectivity index (χ2n) is 7.01. The third kappa shape index (κ3) is 3.13. The zero-order valence-electron chi connectivity index (χ0n) is 14.9. The molecule has 4 aliphatic rings. The van der Waals surface area contributed by atoms with E-state index >= 15 is 0 Å². The Kier molecular flexibility index (Phi) is 4.51. The molecule has 0 N–H and O–H groups in total. The largest absolute Gasteiger partial charge is 0.482 e. The van der Waals surface area contributed by atoms with E-state index in [1.807, 2.05) is 0 Å². The number of carbonyl (C=O) groups excluding carboxylic acids is 3. The maximum atomic E-state index is 12.7. The molecule has 0 aromatic heterocycles. The smallest absolute Gasteiger partial charge is 0.343 e. The Hall–Kier alpha value is -2.96. The van der Waals surface area contributed by atoms with Crippen molar-refractivity contribution in [2.75, 3.05) is 13.7 Å². The summed E-state index contributed by atoms with van der Waals surface area (Å²) in [6, 6.07) is 6.84. The number of benzene rings is 1. The van der Waals surface area contributed by atoms with Crippen LogP contribution in [0.3, 0.4) is 0 Å². The highest BCUT2D eigenvalue weighted by molar-refractivity contribution is 6.06. The van der Waals surface area contributed by atoms with Gasteiger partial charge in [0.1, 0.15) is 5.75 Å². The highest BCUT2D eigenvalue weighted by atomic mass is 16.6. The standard InChI is InChI=1S/C20H20N2O5/c1-26-16(23)11-27-15-8-2-12(3-9-15)10-21-22-19(24)17-13-4-5-14(7-6-13)18(17)20(22)25/h2-5,8-10,13-14,17-18H,6-7,11H2,1H3/b21-10-/t13-,14-,17-,18+/m0/s1. The minimum atomic E-state index is -0.461. The van der Waals surface area contributed by atoms with Crippen LogP contribution in [-0.4, -0.2) is 42.7 Å². The van der Waals surface area contributed by atoms with Gasteiger partial charge in [-0.05, 0) is 54.5 Å². The van der Waals surface area contributed by atoms with Crippen molar-refractivity contribution in [2.45, 2.75) is 12.8 Å². The number of hydrazone groups is 1. The molecule has 1 saturated carbocycles. The van der Waals surface area contributed by atoms with Crippen LogP contribution >= 0.6 is 0 Å². The summed E-state index contributed by atoms with van der Waals surface area (Å²) in [4.78, 5) is 36.5. The van der Waals surface area contributed by atoms with E-state index in [4.69, 9.17) is 4.74 Å². The van der Waals surface area contributed by atoms with Crippen LogP contribution < -0.4 is 4.74 Å². The first kappa shape index (κ1) is 17.5. The molecule has 2 fully saturated rings. The highest BCUT2D eigenvalue weighted by Crippen LogP contribution is 2.49. The molecular formula is C20H20N2O5. The van der Waals surface area contributed by atoms with Crippen LogP contribution in [-0.2, 0) is 19.1 Å². The van der Waals surface area contributed by atoms with Crippen LogP contribution in [0.25, 0.3) is 0 Å². The van der Waals surface area contributed by atoms with Crippen molar-refractivity contribution in [1.82, 2.24) is 5.01 Å². The minimum absolute atomic E-state index is 0.155. The molecule has 2 bridgehead atoms. The van der Waals surface area contributed by atoms with Gasteiger partial charge in [-0.3, -0.25) is 9.59 Å². The van der Waals surface area contributed by atoms with Gasteiger partial charge in [-0.2, -0.15) is 10.1 Å². The fourth-order valence-electron chi connectivity index (χ4n) is 4.15. The highest BCUT2D eigenvalue weighted by Gasteiger charge is 2.56. The second-order valence-corrected chi connectivity index (χ2v) is 7.01. The lowest BCUT2D eigenvalue weighted by molar-refractivity contribution is -0.143. The van der Waals surface area contributed by atoms with Gasteiger partial charge in [0.25, 0.3) is 11.8 Å². The average molecular weight is 368 g/mol. The SMILES string of the molecule is COC(=O)COc1ccc(/C=N\N2C(=O)[C@@H]3[C@H](C2=O)[C@H]2C=C[C@H]3CC2)cc1. The van der Waals surface area contributed by atoms with E-state index in [-0.39, 0.29) is 42.1 Å². The van der Waals surface area contributed by atoms with Gasteiger partial charge in [0, 0.05) is 0 Å². The zero-order valence-corrected chi connectivity index (χ0v) is 14.9. The van der Waals surface area contributed by atoms with E-state index in [0.29, 0.717) is 5.75 Å². The van der Waals surface area contributed by atoms with Gasteiger partial charge in [-0.1, -0.05) is 12.2 Å². The van der Waals surface area contributed by atoms with Crippen LogP contribution in [0.4, 0.5) is 0 Å². The van der Waals surface area contributed by atoms with Crippen molar-refractivity contribution in [1.29, 1.82) is 0 Å². The van der Waals surface area contributed by atoms with Gasteiger partial charge < -0.3 is 9.47 Å². The zero-order chi connectivity index (χ0) is 19.0. The molecule has 4 atom stereocenters. The number of carbonyl (C=O) groups is 3. The number of allylic oxidation sites excluding steroid dienone is 2. The molecule has 7 nitrogen and oxygen atoms in total. The molecule has 0 unspecified atom stereocenters. The Morgan fingerprint density at radius 1 is 1.11 bits per heavy atom. The molecule has 5 rings (SSSR count). The van der Waals surface area contributed by atoms with Crippen LogP contribution in [0.2, 0.25) is 0 Å². The molecule has 1 aromatic rings. The number of imide groups is 1. The maximum absolute atomic E-state index is 12.7. The topological polar surface area (TPSA) is 85.3 Å². The number of hydrogen-bond donors (Lipinski definition) is 0. The fraction of sp³-hybridized carbons (Fsp3) is 0.400. The Balaban J connectivity index is 1.43. The van der Waals surface area contributed by atoms with Gasteiger partial charge >= 0.3 is 5.97 Å². The van der Waals surface area contributed by atoms with Gasteiger partial charge in [0.15, 0.2) is 6.61 Å². The molecule has 2 amide bonds. The van der Waals surface area contributed by atoms with E-state index in [9.17, 15) is 14.4 Å². The van der Waals surface area contributed by atoms with Crippen molar-refractivity contribution in [3.8, 4) is 5.75 Å². The Morgan fingerprint density at radius 2 is 1.70 bits per heavy atom. The third-order valence-corrected chi connectivity index (χ3v) is 5.52. The molecule has 0 spiro atoms. The van der Waals surface area contributed by atoms with Crippen LogP contribution in [0.1, 0.15) is 18.4 Å². The monoisotopic (exact) mass is 368 g/mol. The Morgan fingerprint density at radius 3 is 2.22 bits per heavy atom. The number of nitrogens with zero attached hydrogens (tertiary/aromatic N) is 2. The number of fused-ring (bicyclic) bond motifs is 1. The van der Waals surface area contributed by atoms with Crippen LogP contribution in [0, 0.1) is 23.7 Å². The molecule has 1 heterocycles. The van der Waals surface area contributed by atoms with Crippen molar-refractivity contribution in [2.24, 2.45) is 28.8 Å². The van der Waals surface area contributed by atoms with E-state index in [1.54, 1.807) is 24.3 Å². The number of methoxy groups -OCH3 is 1. The van der Waals surface area contributed by atoms with E-state index in [2.05, 4.69) is 22.0 Å². The normalized spacial score (nSPS) is 28.7. The third-order valence-electron chi connectivity index (χ3n) is 5.52. The van der Waals surface area contributed by atoms with Gasteiger partial charge in [-0.15, -0.1) is 0 Å². The van der Waals surface area contributed by atoms with E-state index < -0.39 is 5.97 Å². The summed E-state index contributed by atoms with van der Waals surface area (Å²) < 4.78 is 9.79. The maximum Gasteiger partial charge on any atom is 0.343 e. The molecule has 1 aliphatic heterocycles. The number of esters is 1. The van der Waals surface area contributed by atoms with Crippen molar-refractivity contribution >= 4 is 24.0 Å². The van der Waals surface area contributed by atoms with Gasteiger partial charge in [0.2, 0.25) is 0 Å². The van der Waals surface area contributed by atoms with Gasteiger partial charge in [-0.25, -0.2) is 4.79 Å². The summed E-state index contributed by atoms with van der Waals surface area (Å²) in [5.74, 6) is -0.543. The molecule has 140 valence electrons.